The highest BCUT2D eigenvalue weighted by molar-refractivity contribution is 5.81. The quantitative estimate of drug-likeness (QED) is 0.798. The zero-order chi connectivity index (χ0) is 16.8. The smallest absolute Gasteiger partial charge is 0.239 e. The Morgan fingerprint density at radius 1 is 1.00 bits per heavy atom. The molecule has 0 aromatic rings. The van der Waals surface area contributed by atoms with Crippen molar-refractivity contribution in [2.45, 2.75) is 52.6 Å². The van der Waals surface area contributed by atoms with Crippen molar-refractivity contribution in [2.75, 3.05) is 52.4 Å². The van der Waals surface area contributed by atoms with E-state index < -0.39 is 0 Å². The molecule has 0 saturated carbocycles. The number of likely N-dealkylation sites (tertiary alicyclic amines) is 1. The number of piperazine rings is 1. The van der Waals surface area contributed by atoms with Crippen molar-refractivity contribution in [1.82, 2.24) is 20.0 Å². The molecule has 2 heterocycles. The second kappa shape index (κ2) is 9.00. The van der Waals surface area contributed by atoms with Gasteiger partial charge in [-0.05, 0) is 45.3 Å². The zero-order valence-electron chi connectivity index (χ0n) is 15.6. The van der Waals surface area contributed by atoms with Crippen LogP contribution in [0.15, 0.2) is 0 Å². The third-order valence-electron chi connectivity index (χ3n) is 5.31. The van der Waals surface area contributed by atoms with Gasteiger partial charge in [0, 0.05) is 38.8 Å². The number of amides is 1. The molecule has 1 unspecified atom stereocenters. The van der Waals surface area contributed by atoms with E-state index >= 15 is 0 Å². The number of nitrogens with one attached hydrogen (secondary N) is 1. The van der Waals surface area contributed by atoms with E-state index in [9.17, 15) is 4.79 Å². The molecule has 1 amide bonds. The number of hydrogen-bond acceptors (Lipinski definition) is 4. The molecule has 1 atom stereocenters. The lowest BCUT2D eigenvalue weighted by Crippen LogP contribution is -2.55. The summed E-state index contributed by atoms with van der Waals surface area (Å²) >= 11 is 0. The van der Waals surface area contributed by atoms with Crippen molar-refractivity contribution in [2.24, 2.45) is 5.92 Å². The number of nitrogens with zero attached hydrogens (tertiary/aromatic N) is 3. The number of hydrogen-bond donors (Lipinski definition) is 1. The molecule has 23 heavy (non-hydrogen) atoms. The topological polar surface area (TPSA) is 38.8 Å². The first-order valence-electron chi connectivity index (χ1n) is 9.49. The average Bonchev–Trinajstić information content (AvgIpc) is 2.55. The lowest BCUT2D eigenvalue weighted by Gasteiger charge is -2.39. The molecule has 2 saturated heterocycles. The highest BCUT2D eigenvalue weighted by Crippen LogP contribution is 2.19. The van der Waals surface area contributed by atoms with Gasteiger partial charge >= 0.3 is 0 Å². The Morgan fingerprint density at radius 2 is 1.61 bits per heavy atom. The molecule has 5 heteroatoms. The number of carbonyl (C=O) groups excluding carboxylic acids is 1. The molecular formula is C18H36N4O. The molecule has 134 valence electrons. The maximum Gasteiger partial charge on any atom is 0.239 e. The van der Waals surface area contributed by atoms with Crippen LogP contribution in [0.25, 0.3) is 0 Å². The van der Waals surface area contributed by atoms with Gasteiger partial charge in [0.1, 0.15) is 0 Å². The Bertz CT molecular complexity index is 358. The standard InChI is InChI=1S/C18H36N4O/c1-5-20-8-6-17(7-9-20)14-21-10-12-22(13-11-21)18(23)16(4)19-15(2)3/h15-17,19H,5-14H2,1-4H3. The van der Waals surface area contributed by atoms with Gasteiger partial charge in [0.25, 0.3) is 0 Å². The first-order valence-corrected chi connectivity index (χ1v) is 9.49. The van der Waals surface area contributed by atoms with Gasteiger partial charge < -0.3 is 15.1 Å². The summed E-state index contributed by atoms with van der Waals surface area (Å²) < 4.78 is 0. The van der Waals surface area contributed by atoms with E-state index in [1.54, 1.807) is 0 Å². The third-order valence-corrected chi connectivity index (χ3v) is 5.31. The minimum Gasteiger partial charge on any atom is -0.339 e. The van der Waals surface area contributed by atoms with Crippen molar-refractivity contribution in [1.29, 1.82) is 0 Å². The van der Waals surface area contributed by atoms with Crippen LogP contribution < -0.4 is 5.32 Å². The summed E-state index contributed by atoms with van der Waals surface area (Å²) in [6.07, 6.45) is 2.67. The maximum absolute atomic E-state index is 12.4. The van der Waals surface area contributed by atoms with Crippen LogP contribution in [-0.2, 0) is 4.79 Å². The van der Waals surface area contributed by atoms with E-state index in [1.807, 2.05) is 11.8 Å². The summed E-state index contributed by atoms with van der Waals surface area (Å²) in [4.78, 5) is 19.6. The average molecular weight is 325 g/mol. The van der Waals surface area contributed by atoms with Crippen molar-refractivity contribution >= 4 is 5.91 Å². The lowest BCUT2D eigenvalue weighted by molar-refractivity contribution is -0.135. The first-order chi connectivity index (χ1) is 11.0. The molecule has 0 aliphatic carbocycles. The molecule has 1 N–H and O–H groups in total. The summed E-state index contributed by atoms with van der Waals surface area (Å²) in [5.41, 5.74) is 0. The van der Waals surface area contributed by atoms with Gasteiger partial charge in [-0.15, -0.1) is 0 Å². The normalized spacial score (nSPS) is 23.4. The van der Waals surface area contributed by atoms with E-state index in [0.29, 0.717) is 6.04 Å². The minimum atomic E-state index is -0.0695. The van der Waals surface area contributed by atoms with Crippen molar-refractivity contribution in [3.63, 3.8) is 0 Å². The Kier molecular flexibility index (Phi) is 7.31. The highest BCUT2D eigenvalue weighted by atomic mass is 16.2. The zero-order valence-corrected chi connectivity index (χ0v) is 15.6. The maximum atomic E-state index is 12.4. The van der Waals surface area contributed by atoms with E-state index in [-0.39, 0.29) is 11.9 Å². The predicted molar refractivity (Wildman–Crippen MR) is 95.6 cm³/mol. The summed E-state index contributed by atoms with van der Waals surface area (Å²) in [6.45, 7) is 17.2. The number of rotatable bonds is 6. The second-order valence-electron chi connectivity index (χ2n) is 7.55. The number of piperidine rings is 1. The number of carbonyl (C=O) groups is 1. The molecule has 0 spiro atoms. The Hall–Kier alpha value is -0.650. The van der Waals surface area contributed by atoms with Gasteiger partial charge in [0.2, 0.25) is 5.91 Å². The second-order valence-corrected chi connectivity index (χ2v) is 7.55. The molecule has 2 rings (SSSR count). The fourth-order valence-electron chi connectivity index (χ4n) is 3.85. The van der Waals surface area contributed by atoms with Gasteiger partial charge in [-0.25, -0.2) is 0 Å². The fourth-order valence-corrected chi connectivity index (χ4v) is 3.85. The van der Waals surface area contributed by atoms with Gasteiger partial charge in [-0.2, -0.15) is 0 Å². The predicted octanol–water partition coefficient (Wildman–Crippen LogP) is 1.25. The van der Waals surface area contributed by atoms with Crippen LogP contribution in [0.4, 0.5) is 0 Å². The van der Waals surface area contributed by atoms with E-state index in [0.717, 1.165) is 32.1 Å². The van der Waals surface area contributed by atoms with Crippen LogP contribution >= 0.6 is 0 Å². The molecule has 2 aliphatic heterocycles. The van der Waals surface area contributed by atoms with Crippen LogP contribution in [0.3, 0.4) is 0 Å². The molecule has 0 aromatic carbocycles. The summed E-state index contributed by atoms with van der Waals surface area (Å²) in [5, 5.41) is 3.32. The Labute approximate surface area is 142 Å². The van der Waals surface area contributed by atoms with E-state index in [2.05, 4.69) is 35.9 Å². The van der Waals surface area contributed by atoms with E-state index in [4.69, 9.17) is 0 Å². The van der Waals surface area contributed by atoms with Gasteiger partial charge in [0.05, 0.1) is 6.04 Å². The summed E-state index contributed by atoms with van der Waals surface area (Å²) in [5.74, 6) is 1.11. The first kappa shape index (κ1) is 18.7. The molecular weight excluding hydrogens is 288 g/mol. The minimum absolute atomic E-state index is 0.0695. The van der Waals surface area contributed by atoms with Crippen molar-refractivity contribution in [3.8, 4) is 0 Å². The molecule has 5 nitrogen and oxygen atoms in total. The Balaban J connectivity index is 1.69. The highest BCUT2D eigenvalue weighted by Gasteiger charge is 2.27. The largest absolute Gasteiger partial charge is 0.339 e. The third kappa shape index (κ3) is 5.73. The van der Waals surface area contributed by atoms with Crippen LogP contribution in [-0.4, -0.2) is 85.0 Å². The van der Waals surface area contributed by atoms with Gasteiger partial charge in [-0.1, -0.05) is 20.8 Å². The van der Waals surface area contributed by atoms with Gasteiger partial charge in [0.15, 0.2) is 0 Å². The van der Waals surface area contributed by atoms with Crippen molar-refractivity contribution < 1.29 is 4.79 Å². The van der Waals surface area contributed by atoms with Crippen molar-refractivity contribution in [3.05, 3.63) is 0 Å². The van der Waals surface area contributed by atoms with Crippen LogP contribution in [0, 0.1) is 5.92 Å². The van der Waals surface area contributed by atoms with Gasteiger partial charge in [-0.3, -0.25) is 9.69 Å². The summed E-state index contributed by atoms with van der Waals surface area (Å²) in [6, 6.07) is 0.282. The Morgan fingerprint density at radius 3 is 2.13 bits per heavy atom. The van der Waals surface area contributed by atoms with Crippen LogP contribution in [0.1, 0.15) is 40.5 Å². The fraction of sp³-hybridized carbons (Fsp3) is 0.944. The molecule has 0 bridgehead atoms. The molecule has 0 aromatic heterocycles. The van der Waals surface area contributed by atoms with Crippen LogP contribution in [0.2, 0.25) is 0 Å². The van der Waals surface area contributed by atoms with E-state index in [1.165, 1.54) is 39.0 Å². The molecule has 2 aliphatic rings. The molecule has 0 radical (unpaired) electrons. The summed E-state index contributed by atoms with van der Waals surface area (Å²) in [7, 11) is 0. The SMILES string of the molecule is CCN1CCC(CN2CCN(C(=O)C(C)NC(C)C)CC2)CC1. The van der Waals surface area contributed by atoms with Crippen LogP contribution in [0.5, 0.6) is 0 Å². The lowest BCUT2D eigenvalue weighted by atomic mass is 9.96. The molecule has 2 fully saturated rings. The monoisotopic (exact) mass is 324 g/mol.